The van der Waals surface area contributed by atoms with Crippen LogP contribution in [0.3, 0.4) is 0 Å². The van der Waals surface area contributed by atoms with E-state index < -0.39 is 0 Å². The van der Waals surface area contributed by atoms with E-state index in [4.69, 9.17) is 0 Å². The summed E-state index contributed by atoms with van der Waals surface area (Å²) < 4.78 is 0. The molecule has 2 heterocycles. The Morgan fingerprint density at radius 3 is 2.63 bits per heavy atom. The number of hydrogen-bond donors (Lipinski definition) is 1. The van der Waals surface area contributed by atoms with Crippen LogP contribution in [0.1, 0.15) is 26.2 Å². The van der Waals surface area contributed by atoms with Crippen molar-refractivity contribution < 1.29 is 4.79 Å². The quantitative estimate of drug-likeness (QED) is 0.859. The molecule has 1 N–H and O–H groups in total. The molecule has 0 saturated carbocycles. The summed E-state index contributed by atoms with van der Waals surface area (Å²) >= 11 is 3.79. The molecule has 0 bridgehead atoms. The molecule has 1 atom stereocenters. The molecule has 0 aromatic carbocycles. The summed E-state index contributed by atoms with van der Waals surface area (Å²) in [5.74, 6) is 3.75. The van der Waals surface area contributed by atoms with Gasteiger partial charge in [0.2, 0.25) is 5.91 Å². The van der Waals surface area contributed by atoms with Gasteiger partial charge in [-0.15, -0.1) is 24.2 Å². The molecule has 112 valence electrons. The van der Waals surface area contributed by atoms with Gasteiger partial charge < -0.3 is 10.2 Å². The van der Waals surface area contributed by atoms with Crippen molar-refractivity contribution in [2.75, 3.05) is 36.9 Å². The second-order valence-corrected chi connectivity index (χ2v) is 7.41. The summed E-state index contributed by atoms with van der Waals surface area (Å²) in [5, 5.41) is 3.60. The van der Waals surface area contributed by atoms with Gasteiger partial charge in [-0.1, -0.05) is 6.92 Å². The lowest BCUT2D eigenvalue weighted by atomic mass is 10.0. The fraction of sp³-hybridized carbons (Fsp3) is 0.923. The molecule has 1 unspecified atom stereocenters. The molecule has 0 aromatic heterocycles. The van der Waals surface area contributed by atoms with Crippen LogP contribution in [0.2, 0.25) is 0 Å². The Labute approximate surface area is 131 Å². The first-order valence-electron chi connectivity index (χ1n) is 7.03. The molecule has 2 aliphatic heterocycles. The summed E-state index contributed by atoms with van der Waals surface area (Å²) in [6.07, 6.45) is 3.31. The summed E-state index contributed by atoms with van der Waals surface area (Å²) in [5.41, 5.74) is 0. The molecule has 19 heavy (non-hydrogen) atoms. The maximum Gasteiger partial charge on any atom is 0.236 e. The molecule has 6 heteroatoms. The van der Waals surface area contributed by atoms with Crippen LogP contribution in [-0.4, -0.2) is 59.0 Å². The summed E-state index contributed by atoms with van der Waals surface area (Å²) in [6.45, 7) is 5.23. The number of amides is 1. The largest absolute Gasteiger partial charge is 0.339 e. The van der Waals surface area contributed by atoms with Crippen LogP contribution in [0.25, 0.3) is 0 Å². The molecule has 2 rings (SSSR count). The Bertz CT molecular complexity index is 269. The van der Waals surface area contributed by atoms with Gasteiger partial charge in [-0.25, -0.2) is 0 Å². The van der Waals surface area contributed by atoms with Crippen molar-refractivity contribution in [1.82, 2.24) is 10.2 Å². The normalized spacial score (nSPS) is 24.6. The number of hydrogen-bond acceptors (Lipinski definition) is 4. The Kier molecular flexibility index (Phi) is 8.62. The van der Waals surface area contributed by atoms with Crippen molar-refractivity contribution in [1.29, 1.82) is 0 Å². The third-order valence-corrected chi connectivity index (χ3v) is 6.33. The Morgan fingerprint density at radius 1 is 1.32 bits per heavy atom. The lowest BCUT2D eigenvalue weighted by Gasteiger charge is -2.37. The van der Waals surface area contributed by atoms with Crippen LogP contribution in [-0.2, 0) is 4.79 Å². The third-order valence-electron chi connectivity index (χ3n) is 3.59. The minimum atomic E-state index is 0. The zero-order chi connectivity index (χ0) is 12.8. The molecule has 3 nitrogen and oxygen atoms in total. The first kappa shape index (κ1) is 17.5. The minimum absolute atomic E-state index is 0. The summed E-state index contributed by atoms with van der Waals surface area (Å²) in [7, 11) is 0. The number of thioether (sulfide) groups is 2. The minimum Gasteiger partial charge on any atom is -0.339 e. The highest BCUT2D eigenvalue weighted by Crippen LogP contribution is 2.27. The molecule has 0 aliphatic carbocycles. The number of carbonyl (C=O) groups is 1. The average Bonchev–Trinajstić information content (AvgIpc) is 2.46. The van der Waals surface area contributed by atoms with Gasteiger partial charge in [-0.3, -0.25) is 4.79 Å². The van der Waals surface area contributed by atoms with Gasteiger partial charge in [-0.05, 0) is 32.4 Å². The maximum absolute atomic E-state index is 12.7. The van der Waals surface area contributed by atoms with Crippen molar-refractivity contribution >= 4 is 41.8 Å². The van der Waals surface area contributed by atoms with Crippen LogP contribution in [0.5, 0.6) is 0 Å². The lowest BCUT2D eigenvalue weighted by molar-refractivity contribution is -0.133. The molecule has 2 fully saturated rings. The fourth-order valence-corrected chi connectivity index (χ4v) is 5.26. The average molecular weight is 325 g/mol. The van der Waals surface area contributed by atoms with Crippen molar-refractivity contribution in [3.63, 3.8) is 0 Å². The Morgan fingerprint density at radius 2 is 2.05 bits per heavy atom. The molecule has 0 spiro atoms. The van der Waals surface area contributed by atoms with Gasteiger partial charge in [0, 0.05) is 29.8 Å². The van der Waals surface area contributed by atoms with Crippen LogP contribution >= 0.6 is 35.9 Å². The molecular weight excluding hydrogens is 300 g/mol. The van der Waals surface area contributed by atoms with E-state index in [1.54, 1.807) is 0 Å². The maximum atomic E-state index is 12.7. The van der Waals surface area contributed by atoms with Crippen LogP contribution < -0.4 is 5.32 Å². The number of nitrogens with one attached hydrogen (secondary N) is 1. The van der Waals surface area contributed by atoms with Crippen molar-refractivity contribution in [3.05, 3.63) is 0 Å². The SMILES string of the molecule is CCCN(C(=O)C1CSCCS1)C1CCNCC1.Cl. The fourth-order valence-electron chi connectivity index (χ4n) is 2.65. The molecule has 1 amide bonds. The van der Waals surface area contributed by atoms with Crippen LogP contribution in [0.15, 0.2) is 0 Å². The first-order valence-corrected chi connectivity index (χ1v) is 9.23. The second-order valence-electron chi connectivity index (χ2n) is 4.95. The molecule has 0 radical (unpaired) electrons. The number of carbonyl (C=O) groups excluding carboxylic acids is 1. The van der Waals surface area contributed by atoms with Gasteiger partial charge >= 0.3 is 0 Å². The molecule has 2 saturated heterocycles. The Balaban J connectivity index is 0.00000180. The van der Waals surface area contributed by atoms with Gasteiger partial charge in [0.1, 0.15) is 0 Å². The number of halogens is 1. The number of nitrogens with zero attached hydrogens (tertiary/aromatic N) is 1. The first-order chi connectivity index (χ1) is 8.83. The van der Waals surface area contributed by atoms with E-state index in [1.165, 1.54) is 5.75 Å². The van der Waals surface area contributed by atoms with Crippen molar-refractivity contribution in [2.24, 2.45) is 0 Å². The number of piperidine rings is 1. The van der Waals surface area contributed by atoms with E-state index >= 15 is 0 Å². The zero-order valence-corrected chi connectivity index (χ0v) is 14.0. The van der Waals surface area contributed by atoms with Crippen LogP contribution in [0, 0.1) is 0 Å². The monoisotopic (exact) mass is 324 g/mol. The lowest BCUT2D eigenvalue weighted by Crippen LogP contribution is -2.50. The summed E-state index contributed by atoms with van der Waals surface area (Å²) in [6, 6.07) is 0.478. The van der Waals surface area contributed by atoms with E-state index in [9.17, 15) is 4.79 Å². The summed E-state index contributed by atoms with van der Waals surface area (Å²) in [4.78, 5) is 14.8. The molecular formula is C13H25ClN2OS2. The topological polar surface area (TPSA) is 32.3 Å². The van der Waals surface area contributed by atoms with E-state index in [2.05, 4.69) is 17.1 Å². The zero-order valence-electron chi connectivity index (χ0n) is 11.6. The predicted molar refractivity (Wildman–Crippen MR) is 88.7 cm³/mol. The standard InChI is InChI=1S/C13H24N2OS2.ClH/c1-2-7-15(11-3-5-14-6-4-11)13(16)12-10-17-8-9-18-12;/h11-12,14H,2-10H2,1H3;1H. The Hall–Kier alpha value is 0.420. The van der Waals surface area contributed by atoms with E-state index in [-0.39, 0.29) is 17.7 Å². The highest BCUT2D eigenvalue weighted by atomic mass is 35.5. The van der Waals surface area contributed by atoms with Gasteiger partial charge in [0.25, 0.3) is 0 Å². The van der Waals surface area contributed by atoms with Gasteiger partial charge in [0.15, 0.2) is 0 Å². The van der Waals surface area contributed by atoms with E-state index in [0.29, 0.717) is 11.9 Å². The van der Waals surface area contributed by atoms with Gasteiger partial charge in [0.05, 0.1) is 5.25 Å². The van der Waals surface area contributed by atoms with E-state index in [0.717, 1.165) is 50.4 Å². The second kappa shape index (κ2) is 9.37. The van der Waals surface area contributed by atoms with Crippen LogP contribution in [0.4, 0.5) is 0 Å². The third kappa shape index (κ3) is 5.03. The highest BCUT2D eigenvalue weighted by Gasteiger charge is 2.31. The number of rotatable bonds is 4. The molecule has 0 aromatic rings. The predicted octanol–water partition coefficient (Wildman–Crippen LogP) is 2.25. The molecule has 2 aliphatic rings. The van der Waals surface area contributed by atoms with Gasteiger partial charge in [-0.2, -0.15) is 11.8 Å². The highest BCUT2D eigenvalue weighted by molar-refractivity contribution is 8.07. The smallest absolute Gasteiger partial charge is 0.236 e. The van der Waals surface area contributed by atoms with Crippen molar-refractivity contribution in [2.45, 2.75) is 37.5 Å². The van der Waals surface area contributed by atoms with E-state index in [1.807, 2.05) is 23.5 Å². The van der Waals surface area contributed by atoms with Crippen molar-refractivity contribution in [3.8, 4) is 0 Å².